The third-order valence-corrected chi connectivity index (χ3v) is 10.8. The van der Waals surface area contributed by atoms with Gasteiger partial charge in [0, 0.05) is 11.3 Å². The molecule has 0 aliphatic heterocycles. The average Bonchev–Trinajstić information content (AvgIpc) is 3.72. The van der Waals surface area contributed by atoms with E-state index in [0.29, 0.717) is 0 Å². The van der Waals surface area contributed by atoms with Gasteiger partial charge in [-0.1, -0.05) is 121 Å². The van der Waals surface area contributed by atoms with E-state index in [-0.39, 0.29) is 17.1 Å². The number of hydrogen-bond donors (Lipinski definition) is 0. The third-order valence-electron chi connectivity index (χ3n) is 5.86. The Bertz CT molecular complexity index is 1000. The Balaban J connectivity index is 0.000000197. The van der Waals surface area contributed by atoms with Gasteiger partial charge in [-0.3, -0.25) is 0 Å². The van der Waals surface area contributed by atoms with Crippen molar-refractivity contribution in [2.24, 2.45) is 0 Å². The molecular weight excluding hydrogens is 792 g/mol. The van der Waals surface area contributed by atoms with Gasteiger partial charge in [-0.05, 0) is 88.4 Å². The van der Waals surface area contributed by atoms with Crippen LogP contribution in [0.1, 0.15) is 0 Å². The quantitative estimate of drug-likeness (QED) is 0.136. The second-order valence-corrected chi connectivity index (χ2v) is 16.1. The van der Waals surface area contributed by atoms with E-state index in [1.807, 2.05) is 0 Å². The van der Waals surface area contributed by atoms with Gasteiger partial charge in [-0.25, -0.2) is 0 Å². The summed E-state index contributed by atoms with van der Waals surface area (Å²) in [6, 6.07) is 43.1. The van der Waals surface area contributed by atoms with E-state index in [1.165, 1.54) is 32.5 Å². The first-order chi connectivity index (χ1) is 19.3. The number of benzene rings is 4. The first-order valence-electron chi connectivity index (χ1n) is 12.4. The molecular formula is C34H28Cl2FeP2Pt+2. The molecule has 4 aromatic rings. The van der Waals surface area contributed by atoms with Crippen LogP contribution < -0.4 is 21.2 Å². The van der Waals surface area contributed by atoms with E-state index in [4.69, 9.17) is 18.8 Å². The van der Waals surface area contributed by atoms with Crippen molar-refractivity contribution in [3.63, 3.8) is 0 Å². The van der Waals surface area contributed by atoms with Gasteiger partial charge in [-0.15, -0.1) is 0 Å². The first-order valence-corrected chi connectivity index (χ1v) is 20.7. The van der Waals surface area contributed by atoms with Gasteiger partial charge in [-0.2, -0.15) is 0 Å². The Hall–Kier alpha value is -0.472. The minimum absolute atomic E-state index is 0. The van der Waals surface area contributed by atoms with E-state index in [2.05, 4.69) is 173 Å². The van der Waals surface area contributed by atoms with Crippen molar-refractivity contribution in [3.05, 3.63) is 184 Å². The van der Waals surface area contributed by atoms with E-state index in [1.54, 1.807) is 0 Å². The summed E-state index contributed by atoms with van der Waals surface area (Å²) in [6.45, 7) is 0. The summed E-state index contributed by atoms with van der Waals surface area (Å²) in [5.41, 5.74) is 2.84. The maximum Gasteiger partial charge on any atom is 2.00 e. The van der Waals surface area contributed by atoms with Crippen LogP contribution >= 0.6 is 34.7 Å². The van der Waals surface area contributed by atoms with Crippen LogP contribution in [0.3, 0.4) is 0 Å². The first kappa shape index (κ1) is 34.0. The zero-order valence-corrected chi connectivity index (χ0v) is 28.2. The number of halogens is 2. The Morgan fingerprint density at radius 3 is 0.775 bits per heavy atom. The van der Waals surface area contributed by atoms with Crippen molar-refractivity contribution in [1.29, 1.82) is 0 Å². The molecule has 2 aliphatic carbocycles. The van der Waals surface area contributed by atoms with Gasteiger partial charge >= 0.3 is 52.4 Å². The molecule has 2 aliphatic rings. The normalized spacial score (nSPS) is 15.2. The monoisotopic (exact) mass is 819 g/mol. The molecule has 0 bridgehead atoms. The maximum absolute atomic E-state index is 4.88. The van der Waals surface area contributed by atoms with Crippen LogP contribution in [-0.4, -0.2) is 0 Å². The van der Waals surface area contributed by atoms with Crippen LogP contribution in [0.5, 0.6) is 0 Å². The van der Waals surface area contributed by atoms with Crippen molar-refractivity contribution < 1.29 is 33.5 Å². The molecule has 0 N–H and O–H groups in total. The molecule has 6 rings (SSSR count). The van der Waals surface area contributed by atoms with Crippen LogP contribution in [-0.2, 0) is 33.5 Å². The van der Waals surface area contributed by atoms with Gasteiger partial charge in [0.2, 0.25) is 0 Å². The Labute approximate surface area is 271 Å². The molecule has 0 saturated heterocycles. The standard InChI is InChI=1S/2C17H14P.2ClH.Fe.Pt/c2*1-3-9-15(10-4-1)18(17-13-7-8-14-17)16-11-5-2-6-12-16;;;;/h2*1-14H;2*1H;;/q;;;;2*+2/p-2. The zero-order valence-electron chi connectivity index (χ0n) is 21.5. The van der Waals surface area contributed by atoms with Crippen molar-refractivity contribution in [1.82, 2.24) is 0 Å². The molecule has 0 aromatic heterocycles. The van der Waals surface area contributed by atoms with Gasteiger partial charge in [0.05, 0.1) is 0 Å². The molecule has 0 nitrogen and oxygen atoms in total. The Kier molecular flexibility index (Phi) is 16.7. The van der Waals surface area contributed by atoms with Crippen molar-refractivity contribution in [2.45, 2.75) is 0 Å². The van der Waals surface area contributed by atoms with Crippen LogP contribution in [0.25, 0.3) is 0 Å². The van der Waals surface area contributed by atoms with Gasteiger partial charge in [0.15, 0.2) is 0 Å². The molecule has 0 unspecified atom stereocenters. The average molecular weight is 820 g/mol. The summed E-state index contributed by atoms with van der Waals surface area (Å²) in [5, 5.41) is 5.63. The SMILES string of the molecule is [CH]1[CH][CH][C](P(c2ccccc2)c2ccccc2)[CH]1.[CH]1[CH][CH][C](P(c2ccccc2)c2ccccc2)[CH]1.[Cl][Pt][Cl].[Fe+2]. The summed E-state index contributed by atoms with van der Waals surface area (Å²) in [5.74, 6) is 0. The molecule has 6 heteroatoms. The van der Waals surface area contributed by atoms with E-state index in [0.717, 1.165) is 0 Å². The predicted molar refractivity (Wildman–Crippen MR) is 171 cm³/mol. The molecule has 0 spiro atoms. The van der Waals surface area contributed by atoms with Gasteiger partial charge < -0.3 is 0 Å². The smallest absolute Gasteiger partial charge is 2.00 e. The molecule has 4 aromatic carbocycles. The van der Waals surface area contributed by atoms with Gasteiger partial charge in [0.1, 0.15) is 0 Å². The van der Waals surface area contributed by atoms with E-state index < -0.39 is 32.3 Å². The Morgan fingerprint density at radius 1 is 0.375 bits per heavy atom. The topological polar surface area (TPSA) is 0 Å². The predicted octanol–water partition coefficient (Wildman–Crippen LogP) is 8.34. The molecule has 2 saturated carbocycles. The largest absolute Gasteiger partial charge is 2.00 e. The van der Waals surface area contributed by atoms with Crippen molar-refractivity contribution in [3.8, 4) is 0 Å². The van der Waals surface area contributed by atoms with Crippen LogP contribution in [0.4, 0.5) is 0 Å². The molecule has 0 atom stereocenters. The fraction of sp³-hybridized carbons (Fsp3) is 0. The van der Waals surface area contributed by atoms with Crippen LogP contribution in [0.2, 0.25) is 0 Å². The van der Waals surface area contributed by atoms with Crippen molar-refractivity contribution in [2.75, 3.05) is 0 Å². The van der Waals surface area contributed by atoms with Crippen LogP contribution in [0, 0.1) is 62.7 Å². The summed E-state index contributed by atoms with van der Waals surface area (Å²) in [6.07, 6.45) is 17.4. The molecule has 204 valence electrons. The summed E-state index contributed by atoms with van der Waals surface area (Å²) < 4.78 is 0. The molecule has 10 radical (unpaired) electrons. The molecule has 40 heavy (non-hydrogen) atoms. The third kappa shape index (κ3) is 10.4. The van der Waals surface area contributed by atoms with E-state index in [9.17, 15) is 0 Å². The minimum Gasteiger partial charge on any atom is 2.00 e. The van der Waals surface area contributed by atoms with Gasteiger partial charge in [0.25, 0.3) is 0 Å². The fourth-order valence-corrected chi connectivity index (χ4v) is 8.84. The fourth-order valence-electron chi connectivity index (χ4n) is 4.23. The number of hydrogen-bond acceptors (Lipinski definition) is 0. The minimum atomic E-state index is -0.472. The summed E-state index contributed by atoms with van der Waals surface area (Å²) >= 11 is -0.472. The molecule has 0 heterocycles. The summed E-state index contributed by atoms with van der Waals surface area (Å²) in [7, 11) is 8.93. The second-order valence-electron chi connectivity index (χ2n) is 8.34. The maximum atomic E-state index is 4.88. The molecule has 2 fully saturated rings. The zero-order chi connectivity index (χ0) is 27.1. The second kappa shape index (κ2) is 19.7. The van der Waals surface area contributed by atoms with Crippen LogP contribution in [0.15, 0.2) is 121 Å². The Morgan fingerprint density at radius 2 is 0.575 bits per heavy atom. The van der Waals surface area contributed by atoms with Crippen molar-refractivity contribution >= 4 is 55.9 Å². The van der Waals surface area contributed by atoms with E-state index >= 15 is 0 Å². The summed E-state index contributed by atoms with van der Waals surface area (Å²) in [4.78, 5) is 0. The molecule has 0 amide bonds. The number of rotatable bonds is 6.